The Morgan fingerprint density at radius 3 is 2.53 bits per heavy atom. The predicted octanol–water partition coefficient (Wildman–Crippen LogP) is 2.44. The lowest BCUT2D eigenvalue weighted by molar-refractivity contribution is -0.137. The van der Waals surface area contributed by atoms with E-state index in [1.165, 1.54) is 0 Å². The third-order valence-corrected chi connectivity index (χ3v) is 2.18. The Morgan fingerprint density at radius 1 is 1.47 bits per heavy atom. The minimum Gasteiger partial charge on any atom is -0.479 e. The molecule has 0 aliphatic heterocycles. The molecule has 1 rings (SSSR count). The standard InChI is InChI=1S/C12H15NO2/c1-8(2)11(12(14)15)13-10-7-5-4-6-9(10)3/h4-7,11,13H,1H2,2-3H3,(H,14,15). The van der Waals surface area contributed by atoms with Crippen molar-refractivity contribution in [1.82, 2.24) is 0 Å². The van der Waals surface area contributed by atoms with E-state index in [4.69, 9.17) is 5.11 Å². The van der Waals surface area contributed by atoms with Crippen LogP contribution in [0.25, 0.3) is 0 Å². The summed E-state index contributed by atoms with van der Waals surface area (Å²) in [5.74, 6) is -0.911. The molecule has 0 heterocycles. The maximum absolute atomic E-state index is 10.9. The van der Waals surface area contributed by atoms with Gasteiger partial charge in [0.1, 0.15) is 6.04 Å². The van der Waals surface area contributed by atoms with Crippen molar-refractivity contribution in [2.24, 2.45) is 0 Å². The molecule has 0 saturated heterocycles. The minimum absolute atomic E-state index is 0.589. The van der Waals surface area contributed by atoms with Crippen molar-refractivity contribution in [3.63, 3.8) is 0 Å². The van der Waals surface area contributed by atoms with E-state index in [-0.39, 0.29) is 0 Å². The molecule has 15 heavy (non-hydrogen) atoms. The number of carbonyl (C=O) groups is 1. The third kappa shape index (κ3) is 2.84. The molecule has 3 nitrogen and oxygen atoms in total. The number of aliphatic carboxylic acids is 1. The molecule has 0 bridgehead atoms. The summed E-state index contributed by atoms with van der Waals surface area (Å²) in [4.78, 5) is 10.9. The van der Waals surface area contributed by atoms with Crippen molar-refractivity contribution in [2.45, 2.75) is 19.9 Å². The predicted molar refractivity (Wildman–Crippen MR) is 61.0 cm³/mol. The number of aryl methyl sites for hydroxylation is 1. The Bertz CT molecular complexity index is 371. The number of nitrogens with one attached hydrogen (secondary N) is 1. The molecule has 0 amide bonds. The zero-order valence-corrected chi connectivity index (χ0v) is 8.95. The highest BCUT2D eigenvalue weighted by molar-refractivity contribution is 5.81. The van der Waals surface area contributed by atoms with Crippen LogP contribution in [0.2, 0.25) is 0 Å². The summed E-state index contributed by atoms with van der Waals surface area (Å²) in [6.07, 6.45) is 0. The second kappa shape index (κ2) is 4.64. The van der Waals surface area contributed by atoms with Crippen LogP contribution in [0.3, 0.4) is 0 Å². The first-order valence-corrected chi connectivity index (χ1v) is 4.72. The molecule has 0 aliphatic rings. The first-order valence-electron chi connectivity index (χ1n) is 4.72. The molecule has 1 aromatic carbocycles. The van der Waals surface area contributed by atoms with Crippen LogP contribution in [0.5, 0.6) is 0 Å². The monoisotopic (exact) mass is 205 g/mol. The van der Waals surface area contributed by atoms with Gasteiger partial charge >= 0.3 is 5.97 Å². The second-order valence-electron chi connectivity index (χ2n) is 3.58. The summed E-state index contributed by atoms with van der Waals surface area (Å²) in [7, 11) is 0. The number of para-hydroxylation sites is 1. The van der Waals surface area contributed by atoms with Crippen LogP contribution in [-0.2, 0) is 4.79 Å². The SMILES string of the molecule is C=C(C)C(Nc1ccccc1C)C(=O)O. The molecule has 80 valence electrons. The second-order valence-corrected chi connectivity index (χ2v) is 3.58. The summed E-state index contributed by atoms with van der Waals surface area (Å²) < 4.78 is 0. The number of anilines is 1. The van der Waals surface area contributed by atoms with Gasteiger partial charge in [0.05, 0.1) is 0 Å². The van der Waals surface area contributed by atoms with E-state index in [0.29, 0.717) is 5.57 Å². The highest BCUT2D eigenvalue weighted by Gasteiger charge is 2.17. The van der Waals surface area contributed by atoms with Crippen LogP contribution >= 0.6 is 0 Å². The van der Waals surface area contributed by atoms with Gasteiger partial charge in [0.15, 0.2) is 0 Å². The number of carboxylic acid groups (broad SMARTS) is 1. The highest BCUT2D eigenvalue weighted by Crippen LogP contribution is 2.16. The summed E-state index contributed by atoms with van der Waals surface area (Å²) in [6, 6.07) is 6.84. The van der Waals surface area contributed by atoms with Crippen molar-refractivity contribution in [3.05, 3.63) is 42.0 Å². The molecule has 3 heteroatoms. The number of benzene rings is 1. The van der Waals surface area contributed by atoms with Crippen molar-refractivity contribution in [3.8, 4) is 0 Å². The molecule has 0 aromatic heterocycles. The molecule has 0 aliphatic carbocycles. The van der Waals surface area contributed by atoms with Gasteiger partial charge in [0.25, 0.3) is 0 Å². The van der Waals surface area contributed by atoms with Crippen LogP contribution in [0, 0.1) is 6.92 Å². The molecule has 0 spiro atoms. The topological polar surface area (TPSA) is 49.3 Å². The lowest BCUT2D eigenvalue weighted by atomic mass is 10.1. The van der Waals surface area contributed by atoms with Crippen LogP contribution in [-0.4, -0.2) is 17.1 Å². The van der Waals surface area contributed by atoms with Gasteiger partial charge in [0, 0.05) is 5.69 Å². The van der Waals surface area contributed by atoms with Crippen LogP contribution in [0.1, 0.15) is 12.5 Å². The molecule has 2 N–H and O–H groups in total. The number of carboxylic acids is 1. The van der Waals surface area contributed by atoms with Gasteiger partial charge in [-0.25, -0.2) is 4.79 Å². The van der Waals surface area contributed by atoms with Gasteiger partial charge < -0.3 is 10.4 Å². The van der Waals surface area contributed by atoms with Crippen molar-refractivity contribution in [1.29, 1.82) is 0 Å². The Kier molecular flexibility index (Phi) is 3.50. The van der Waals surface area contributed by atoms with Crippen molar-refractivity contribution < 1.29 is 9.90 Å². The fourth-order valence-electron chi connectivity index (χ4n) is 1.29. The molecule has 1 atom stereocenters. The Balaban J connectivity index is 2.88. The van der Waals surface area contributed by atoms with Crippen LogP contribution in [0.4, 0.5) is 5.69 Å². The van der Waals surface area contributed by atoms with Crippen molar-refractivity contribution in [2.75, 3.05) is 5.32 Å². The fourth-order valence-corrected chi connectivity index (χ4v) is 1.29. The number of rotatable bonds is 4. The molecule has 0 fully saturated rings. The molecular weight excluding hydrogens is 190 g/mol. The molecule has 0 radical (unpaired) electrons. The third-order valence-electron chi connectivity index (χ3n) is 2.18. The maximum atomic E-state index is 10.9. The Morgan fingerprint density at radius 2 is 2.07 bits per heavy atom. The summed E-state index contributed by atoms with van der Waals surface area (Å²) in [5, 5.41) is 11.9. The zero-order valence-electron chi connectivity index (χ0n) is 8.95. The molecule has 0 saturated carbocycles. The first-order chi connectivity index (χ1) is 7.02. The van der Waals surface area contributed by atoms with Crippen LogP contribution in [0.15, 0.2) is 36.4 Å². The fraction of sp³-hybridized carbons (Fsp3) is 0.250. The Hall–Kier alpha value is -1.77. The number of hydrogen-bond acceptors (Lipinski definition) is 2. The largest absolute Gasteiger partial charge is 0.479 e. The molecule has 1 aromatic rings. The van der Waals surface area contributed by atoms with E-state index in [9.17, 15) is 4.79 Å². The van der Waals surface area contributed by atoms with Gasteiger partial charge in [-0.15, -0.1) is 0 Å². The lowest BCUT2D eigenvalue weighted by Crippen LogP contribution is -2.30. The summed E-state index contributed by atoms with van der Waals surface area (Å²) >= 11 is 0. The van der Waals surface area contributed by atoms with Gasteiger partial charge in [0.2, 0.25) is 0 Å². The van der Waals surface area contributed by atoms with E-state index in [1.54, 1.807) is 6.92 Å². The number of hydrogen-bond donors (Lipinski definition) is 2. The van der Waals surface area contributed by atoms with Gasteiger partial charge in [-0.05, 0) is 31.1 Å². The summed E-state index contributed by atoms with van der Waals surface area (Å²) in [5.41, 5.74) is 2.43. The summed E-state index contributed by atoms with van der Waals surface area (Å²) in [6.45, 7) is 7.29. The Labute approximate surface area is 89.4 Å². The highest BCUT2D eigenvalue weighted by atomic mass is 16.4. The van der Waals surface area contributed by atoms with E-state index in [0.717, 1.165) is 11.3 Å². The first kappa shape index (κ1) is 11.3. The quantitative estimate of drug-likeness (QED) is 0.742. The van der Waals surface area contributed by atoms with Crippen molar-refractivity contribution >= 4 is 11.7 Å². The smallest absolute Gasteiger partial charge is 0.330 e. The molecule has 1 unspecified atom stereocenters. The van der Waals surface area contributed by atoms with E-state index in [1.807, 2.05) is 31.2 Å². The maximum Gasteiger partial charge on any atom is 0.330 e. The van der Waals surface area contributed by atoms with E-state index >= 15 is 0 Å². The normalized spacial score (nSPS) is 11.9. The lowest BCUT2D eigenvalue weighted by Gasteiger charge is -2.17. The average molecular weight is 205 g/mol. The zero-order chi connectivity index (χ0) is 11.4. The van der Waals surface area contributed by atoms with E-state index in [2.05, 4.69) is 11.9 Å². The minimum atomic E-state index is -0.911. The molecular formula is C12H15NO2. The average Bonchev–Trinajstić information content (AvgIpc) is 2.15. The van der Waals surface area contributed by atoms with Gasteiger partial charge in [-0.1, -0.05) is 24.8 Å². The van der Waals surface area contributed by atoms with Gasteiger partial charge in [-0.2, -0.15) is 0 Å². The van der Waals surface area contributed by atoms with E-state index < -0.39 is 12.0 Å². The van der Waals surface area contributed by atoms with Crippen LogP contribution < -0.4 is 5.32 Å². The van der Waals surface area contributed by atoms with Gasteiger partial charge in [-0.3, -0.25) is 0 Å².